The van der Waals surface area contributed by atoms with E-state index in [1.165, 1.54) is 6.07 Å². The van der Waals surface area contributed by atoms with Crippen molar-refractivity contribution < 1.29 is 9.50 Å². The monoisotopic (exact) mass is 254 g/mol. The highest BCUT2D eigenvalue weighted by atomic mass is 19.1. The van der Waals surface area contributed by atoms with Crippen LogP contribution in [0, 0.1) is 5.82 Å². The van der Waals surface area contributed by atoms with Crippen LogP contribution in [0.1, 0.15) is 31.9 Å². The lowest BCUT2D eigenvalue weighted by atomic mass is 10.0. The largest absolute Gasteiger partial charge is 0.395 e. The fourth-order valence-corrected chi connectivity index (χ4v) is 2.02. The third-order valence-corrected chi connectivity index (χ3v) is 3.00. The Balaban J connectivity index is 2.99. The van der Waals surface area contributed by atoms with Crippen LogP contribution < -0.4 is 10.2 Å². The van der Waals surface area contributed by atoms with Gasteiger partial charge in [0.25, 0.3) is 0 Å². The highest BCUT2D eigenvalue weighted by Crippen LogP contribution is 2.28. The van der Waals surface area contributed by atoms with Crippen LogP contribution in [0.5, 0.6) is 0 Å². The molecule has 0 radical (unpaired) electrons. The van der Waals surface area contributed by atoms with Gasteiger partial charge in [-0.05, 0) is 31.5 Å². The highest BCUT2D eigenvalue weighted by molar-refractivity contribution is 5.55. The van der Waals surface area contributed by atoms with Crippen molar-refractivity contribution in [2.75, 3.05) is 31.6 Å². The molecule has 3 nitrogen and oxygen atoms in total. The third-order valence-electron chi connectivity index (χ3n) is 3.00. The molecule has 18 heavy (non-hydrogen) atoms. The number of nitrogens with one attached hydrogen (secondary N) is 1. The predicted octanol–water partition coefficient (Wildman–Crippen LogP) is 2.31. The second-order valence-corrected chi connectivity index (χ2v) is 4.50. The van der Waals surface area contributed by atoms with Crippen molar-refractivity contribution in [3.8, 4) is 0 Å². The lowest BCUT2D eigenvalue weighted by Gasteiger charge is -2.25. The molecule has 0 saturated carbocycles. The van der Waals surface area contributed by atoms with Gasteiger partial charge in [-0.25, -0.2) is 4.39 Å². The molecular formula is C14H23FN2O. The van der Waals surface area contributed by atoms with Crippen molar-refractivity contribution >= 4 is 5.69 Å². The summed E-state index contributed by atoms with van der Waals surface area (Å²) in [5, 5.41) is 12.3. The standard InChI is InChI=1S/C14H23FN2O/c1-4-8-16-11(2)12-6-5-7-13(15)14(12)17(3)9-10-18/h5-7,11,16,18H,4,8-10H2,1-3H3. The molecule has 4 heteroatoms. The molecule has 0 aliphatic rings. The van der Waals surface area contributed by atoms with Gasteiger partial charge in [0.15, 0.2) is 0 Å². The molecule has 102 valence electrons. The maximum Gasteiger partial charge on any atom is 0.146 e. The molecule has 0 aromatic heterocycles. The second-order valence-electron chi connectivity index (χ2n) is 4.50. The molecule has 1 atom stereocenters. The van der Waals surface area contributed by atoms with E-state index in [1.54, 1.807) is 18.0 Å². The zero-order valence-corrected chi connectivity index (χ0v) is 11.4. The molecule has 0 fully saturated rings. The molecule has 1 rings (SSSR count). The minimum absolute atomic E-state index is 0.0149. The Morgan fingerprint density at radius 3 is 2.78 bits per heavy atom. The van der Waals surface area contributed by atoms with Gasteiger partial charge in [0.1, 0.15) is 5.82 Å². The number of benzene rings is 1. The number of hydrogen-bond donors (Lipinski definition) is 2. The zero-order chi connectivity index (χ0) is 13.5. The predicted molar refractivity (Wildman–Crippen MR) is 73.5 cm³/mol. The summed E-state index contributed by atoms with van der Waals surface area (Å²) < 4.78 is 14.0. The van der Waals surface area contributed by atoms with Crippen LogP contribution >= 0.6 is 0 Å². The SMILES string of the molecule is CCCNC(C)c1cccc(F)c1N(C)CCO. The number of aliphatic hydroxyl groups is 1. The van der Waals surface area contributed by atoms with E-state index in [0.29, 0.717) is 12.2 Å². The second kappa shape index (κ2) is 7.34. The van der Waals surface area contributed by atoms with E-state index in [4.69, 9.17) is 5.11 Å². The van der Waals surface area contributed by atoms with Crippen LogP contribution in [-0.2, 0) is 0 Å². The molecular weight excluding hydrogens is 231 g/mol. The van der Waals surface area contributed by atoms with Gasteiger partial charge < -0.3 is 15.3 Å². The molecule has 2 N–H and O–H groups in total. The Kier molecular flexibility index (Phi) is 6.09. The summed E-state index contributed by atoms with van der Waals surface area (Å²) in [6.45, 7) is 5.47. The summed E-state index contributed by atoms with van der Waals surface area (Å²) in [5.41, 5.74) is 1.50. The number of anilines is 1. The summed E-state index contributed by atoms with van der Waals surface area (Å²) in [4.78, 5) is 1.76. The maximum absolute atomic E-state index is 14.0. The van der Waals surface area contributed by atoms with Crippen LogP contribution in [0.2, 0.25) is 0 Å². The Morgan fingerprint density at radius 1 is 1.44 bits per heavy atom. The third kappa shape index (κ3) is 3.68. The smallest absolute Gasteiger partial charge is 0.146 e. The molecule has 1 aromatic carbocycles. The number of rotatable bonds is 7. The van der Waals surface area contributed by atoms with Crippen LogP contribution in [0.25, 0.3) is 0 Å². The number of aliphatic hydroxyl groups excluding tert-OH is 1. The number of hydrogen-bond acceptors (Lipinski definition) is 3. The normalized spacial score (nSPS) is 12.5. The summed E-state index contributed by atoms with van der Waals surface area (Å²) in [5.74, 6) is -0.242. The van der Waals surface area contributed by atoms with Crippen LogP contribution in [0.3, 0.4) is 0 Å². The van der Waals surface area contributed by atoms with Crippen molar-refractivity contribution in [2.24, 2.45) is 0 Å². The Bertz CT molecular complexity index is 371. The van der Waals surface area contributed by atoms with Crippen molar-refractivity contribution in [1.82, 2.24) is 5.32 Å². The molecule has 0 spiro atoms. The van der Waals surface area contributed by atoms with Gasteiger partial charge in [0.05, 0.1) is 12.3 Å². The Morgan fingerprint density at radius 2 is 2.17 bits per heavy atom. The maximum atomic E-state index is 14.0. The number of nitrogens with zero attached hydrogens (tertiary/aromatic N) is 1. The molecule has 0 heterocycles. The van der Waals surface area contributed by atoms with E-state index in [0.717, 1.165) is 18.5 Å². The Hall–Kier alpha value is -1.13. The molecule has 0 saturated heterocycles. The van der Waals surface area contributed by atoms with Crippen LogP contribution in [0.4, 0.5) is 10.1 Å². The minimum Gasteiger partial charge on any atom is -0.395 e. The molecule has 1 unspecified atom stereocenters. The minimum atomic E-state index is -0.242. The van der Waals surface area contributed by atoms with Gasteiger partial charge in [0.2, 0.25) is 0 Å². The summed E-state index contributed by atoms with van der Waals surface area (Å²) in [6, 6.07) is 5.21. The van der Waals surface area contributed by atoms with Gasteiger partial charge in [0, 0.05) is 19.6 Å². The summed E-state index contributed by atoms with van der Waals surface area (Å²) in [7, 11) is 1.80. The van der Waals surface area contributed by atoms with E-state index in [2.05, 4.69) is 12.2 Å². The first-order chi connectivity index (χ1) is 8.61. The van der Waals surface area contributed by atoms with E-state index < -0.39 is 0 Å². The van der Waals surface area contributed by atoms with E-state index >= 15 is 0 Å². The lowest BCUT2D eigenvalue weighted by Crippen LogP contribution is -2.27. The first-order valence-corrected chi connectivity index (χ1v) is 6.45. The van der Waals surface area contributed by atoms with Gasteiger partial charge >= 0.3 is 0 Å². The number of halogens is 1. The van der Waals surface area contributed by atoms with Crippen molar-refractivity contribution in [2.45, 2.75) is 26.3 Å². The van der Waals surface area contributed by atoms with Gasteiger partial charge in [-0.2, -0.15) is 0 Å². The molecule has 1 aromatic rings. The van der Waals surface area contributed by atoms with Crippen LogP contribution in [0.15, 0.2) is 18.2 Å². The van der Waals surface area contributed by atoms with Crippen molar-refractivity contribution in [3.05, 3.63) is 29.6 Å². The van der Waals surface area contributed by atoms with Crippen LogP contribution in [-0.4, -0.2) is 31.9 Å². The summed E-state index contributed by atoms with van der Waals surface area (Å²) >= 11 is 0. The molecule has 0 aliphatic carbocycles. The van der Waals surface area contributed by atoms with E-state index in [9.17, 15) is 4.39 Å². The fourth-order valence-electron chi connectivity index (χ4n) is 2.02. The van der Waals surface area contributed by atoms with Crippen molar-refractivity contribution in [1.29, 1.82) is 0 Å². The summed E-state index contributed by atoms with van der Waals surface area (Å²) in [6.07, 6.45) is 1.04. The first kappa shape index (κ1) is 14.9. The molecule has 0 aliphatic heterocycles. The molecule has 0 amide bonds. The fraction of sp³-hybridized carbons (Fsp3) is 0.571. The average Bonchev–Trinajstić information content (AvgIpc) is 2.35. The quantitative estimate of drug-likeness (QED) is 0.784. The van der Waals surface area contributed by atoms with Crippen molar-refractivity contribution in [3.63, 3.8) is 0 Å². The zero-order valence-electron chi connectivity index (χ0n) is 11.4. The van der Waals surface area contributed by atoms with Gasteiger partial charge in [-0.3, -0.25) is 0 Å². The topological polar surface area (TPSA) is 35.5 Å². The molecule has 0 bridgehead atoms. The Labute approximate surface area is 109 Å². The number of likely N-dealkylation sites (N-methyl/N-ethyl adjacent to an activating group) is 1. The number of para-hydroxylation sites is 1. The highest BCUT2D eigenvalue weighted by Gasteiger charge is 2.16. The van der Waals surface area contributed by atoms with E-state index in [1.807, 2.05) is 13.0 Å². The van der Waals surface area contributed by atoms with E-state index in [-0.39, 0.29) is 18.5 Å². The van der Waals surface area contributed by atoms with Gasteiger partial charge in [-0.15, -0.1) is 0 Å². The average molecular weight is 254 g/mol. The first-order valence-electron chi connectivity index (χ1n) is 6.45. The van der Waals surface area contributed by atoms with Gasteiger partial charge in [-0.1, -0.05) is 19.1 Å². The lowest BCUT2D eigenvalue weighted by molar-refractivity contribution is 0.303.